The summed E-state index contributed by atoms with van der Waals surface area (Å²) in [5, 5.41) is 11.5. The number of carboxylic acid groups (broad SMARTS) is 1. The Morgan fingerprint density at radius 2 is 1.95 bits per heavy atom. The van der Waals surface area contributed by atoms with Crippen LogP contribution in [0.3, 0.4) is 0 Å². The molecule has 22 heavy (non-hydrogen) atoms. The molecule has 3 N–H and O–H groups in total. The molecule has 0 saturated heterocycles. The van der Waals surface area contributed by atoms with Crippen molar-refractivity contribution in [2.24, 2.45) is 0 Å². The van der Waals surface area contributed by atoms with Crippen LogP contribution in [0.15, 0.2) is 36.7 Å². The number of carbonyl (C=O) groups is 2. The highest BCUT2D eigenvalue weighted by atomic mass is 16.5. The highest BCUT2D eigenvalue weighted by molar-refractivity contribution is 5.95. The van der Waals surface area contributed by atoms with E-state index in [0.717, 1.165) is 11.1 Å². The van der Waals surface area contributed by atoms with E-state index >= 15 is 0 Å². The van der Waals surface area contributed by atoms with E-state index in [9.17, 15) is 9.59 Å². The Labute approximate surface area is 128 Å². The Kier molecular flexibility index (Phi) is 4.83. The van der Waals surface area contributed by atoms with E-state index in [1.165, 1.54) is 0 Å². The number of H-pyrrole nitrogens is 1. The Bertz CT molecular complexity index is 661. The molecule has 1 heterocycles. The lowest BCUT2D eigenvalue weighted by atomic mass is 10.1. The summed E-state index contributed by atoms with van der Waals surface area (Å²) in [5.41, 5.74) is 2.42. The van der Waals surface area contributed by atoms with Crippen LogP contribution in [0, 0.1) is 6.92 Å². The Balaban J connectivity index is 1.98. The zero-order valence-electron chi connectivity index (χ0n) is 12.4. The Morgan fingerprint density at radius 3 is 2.50 bits per heavy atom. The molecule has 0 spiro atoms. The van der Waals surface area contributed by atoms with E-state index in [-0.39, 0.29) is 18.6 Å². The molecule has 1 atom stereocenters. The number of aromatic nitrogens is 1. The monoisotopic (exact) mass is 302 g/mol. The summed E-state index contributed by atoms with van der Waals surface area (Å²) in [6.45, 7) is 3.37. The van der Waals surface area contributed by atoms with E-state index in [0.29, 0.717) is 11.3 Å². The Hall–Kier alpha value is -2.76. The van der Waals surface area contributed by atoms with Gasteiger partial charge in [-0.1, -0.05) is 12.1 Å². The molecule has 0 aliphatic rings. The van der Waals surface area contributed by atoms with Crippen molar-refractivity contribution in [3.8, 4) is 5.75 Å². The lowest BCUT2D eigenvalue weighted by molar-refractivity contribution is -0.139. The van der Waals surface area contributed by atoms with Crippen LogP contribution in [0.1, 0.15) is 34.5 Å². The summed E-state index contributed by atoms with van der Waals surface area (Å²) in [7, 11) is 0. The number of aromatic amines is 1. The number of amides is 1. The SMILES string of the molecule is Cc1c[nH]cc1C(=O)NC(C)c1ccc(OCC(=O)O)cc1. The maximum atomic E-state index is 12.1. The van der Waals surface area contributed by atoms with Gasteiger partial charge in [0.15, 0.2) is 6.61 Å². The highest BCUT2D eigenvalue weighted by Crippen LogP contribution is 2.18. The number of carboxylic acids is 1. The first-order valence-corrected chi connectivity index (χ1v) is 6.86. The van der Waals surface area contributed by atoms with Crippen LogP contribution in [-0.2, 0) is 4.79 Å². The molecule has 1 unspecified atom stereocenters. The predicted octanol–water partition coefficient (Wildman–Crippen LogP) is 2.28. The molecule has 0 fully saturated rings. The Morgan fingerprint density at radius 1 is 1.27 bits per heavy atom. The minimum absolute atomic E-state index is 0.141. The normalized spacial score (nSPS) is 11.7. The van der Waals surface area contributed by atoms with Crippen LogP contribution in [-0.4, -0.2) is 28.6 Å². The number of hydrogen-bond acceptors (Lipinski definition) is 3. The molecule has 116 valence electrons. The lowest BCUT2D eigenvalue weighted by Crippen LogP contribution is -2.26. The fourth-order valence-corrected chi connectivity index (χ4v) is 2.04. The molecule has 1 aromatic carbocycles. The van der Waals surface area contributed by atoms with Gasteiger partial charge < -0.3 is 20.1 Å². The number of aliphatic carboxylic acids is 1. The van der Waals surface area contributed by atoms with Crippen molar-refractivity contribution >= 4 is 11.9 Å². The molecule has 1 aromatic heterocycles. The number of ether oxygens (including phenoxy) is 1. The van der Waals surface area contributed by atoms with Crippen LogP contribution in [0.5, 0.6) is 5.75 Å². The molecule has 6 heteroatoms. The summed E-state index contributed by atoms with van der Waals surface area (Å²) in [6, 6.07) is 6.79. The third-order valence-corrected chi connectivity index (χ3v) is 3.29. The number of rotatable bonds is 6. The fourth-order valence-electron chi connectivity index (χ4n) is 2.04. The first kappa shape index (κ1) is 15.6. The largest absolute Gasteiger partial charge is 0.482 e. The zero-order valence-corrected chi connectivity index (χ0v) is 12.4. The van der Waals surface area contributed by atoms with Gasteiger partial charge in [-0.05, 0) is 37.1 Å². The predicted molar refractivity (Wildman–Crippen MR) is 81.0 cm³/mol. The number of nitrogens with one attached hydrogen (secondary N) is 2. The van der Waals surface area contributed by atoms with Crippen molar-refractivity contribution in [2.45, 2.75) is 19.9 Å². The first-order chi connectivity index (χ1) is 10.5. The van der Waals surface area contributed by atoms with Crippen molar-refractivity contribution < 1.29 is 19.4 Å². The maximum Gasteiger partial charge on any atom is 0.341 e. The van der Waals surface area contributed by atoms with E-state index < -0.39 is 5.97 Å². The molecule has 6 nitrogen and oxygen atoms in total. The maximum absolute atomic E-state index is 12.1. The van der Waals surface area contributed by atoms with Gasteiger partial charge in [0.2, 0.25) is 0 Å². The second-order valence-electron chi connectivity index (χ2n) is 5.00. The first-order valence-electron chi connectivity index (χ1n) is 6.86. The summed E-state index contributed by atoms with van der Waals surface area (Å²) < 4.78 is 5.07. The van der Waals surface area contributed by atoms with Crippen molar-refractivity contribution in [3.05, 3.63) is 53.3 Å². The van der Waals surface area contributed by atoms with Crippen molar-refractivity contribution in [2.75, 3.05) is 6.61 Å². The average molecular weight is 302 g/mol. The number of hydrogen-bond donors (Lipinski definition) is 3. The van der Waals surface area contributed by atoms with Gasteiger partial charge in [-0.25, -0.2) is 4.79 Å². The molecule has 0 radical (unpaired) electrons. The number of aryl methyl sites for hydroxylation is 1. The average Bonchev–Trinajstić information content (AvgIpc) is 2.91. The molecule has 1 amide bonds. The third kappa shape index (κ3) is 3.88. The van der Waals surface area contributed by atoms with Crippen molar-refractivity contribution in [3.63, 3.8) is 0 Å². The molecule has 0 aliphatic carbocycles. The highest BCUT2D eigenvalue weighted by Gasteiger charge is 2.14. The number of benzene rings is 1. The summed E-state index contributed by atoms with van der Waals surface area (Å²) in [4.78, 5) is 25.5. The second-order valence-corrected chi connectivity index (χ2v) is 5.00. The molecule has 0 bridgehead atoms. The van der Waals surface area contributed by atoms with Gasteiger partial charge in [0.1, 0.15) is 5.75 Å². The van der Waals surface area contributed by atoms with Gasteiger partial charge in [0, 0.05) is 12.4 Å². The van der Waals surface area contributed by atoms with E-state index in [4.69, 9.17) is 9.84 Å². The van der Waals surface area contributed by atoms with Gasteiger partial charge in [0.05, 0.1) is 11.6 Å². The van der Waals surface area contributed by atoms with E-state index in [1.807, 2.05) is 13.8 Å². The van der Waals surface area contributed by atoms with Gasteiger partial charge >= 0.3 is 5.97 Å². The second kappa shape index (κ2) is 6.80. The summed E-state index contributed by atoms with van der Waals surface area (Å²) in [5.74, 6) is -0.685. The molecule has 0 aliphatic heterocycles. The molecular formula is C16H18N2O4. The van der Waals surface area contributed by atoms with Crippen LogP contribution in [0.2, 0.25) is 0 Å². The van der Waals surface area contributed by atoms with Gasteiger partial charge in [-0.3, -0.25) is 4.79 Å². The third-order valence-electron chi connectivity index (χ3n) is 3.29. The smallest absolute Gasteiger partial charge is 0.341 e. The fraction of sp³-hybridized carbons (Fsp3) is 0.250. The lowest BCUT2D eigenvalue weighted by Gasteiger charge is -2.15. The summed E-state index contributed by atoms with van der Waals surface area (Å²) in [6.07, 6.45) is 3.44. The van der Waals surface area contributed by atoms with Crippen LogP contribution in [0.25, 0.3) is 0 Å². The number of carbonyl (C=O) groups excluding carboxylic acids is 1. The van der Waals surface area contributed by atoms with E-state index in [1.54, 1.807) is 36.7 Å². The van der Waals surface area contributed by atoms with Crippen molar-refractivity contribution in [1.82, 2.24) is 10.3 Å². The molecule has 0 saturated carbocycles. The van der Waals surface area contributed by atoms with Gasteiger partial charge in [0.25, 0.3) is 5.91 Å². The topological polar surface area (TPSA) is 91.4 Å². The van der Waals surface area contributed by atoms with Crippen LogP contribution >= 0.6 is 0 Å². The van der Waals surface area contributed by atoms with Crippen LogP contribution in [0.4, 0.5) is 0 Å². The quantitative estimate of drug-likeness (QED) is 0.763. The standard InChI is InChI=1S/C16H18N2O4/c1-10-7-17-8-14(10)16(21)18-11(2)12-3-5-13(6-4-12)22-9-15(19)20/h3-8,11,17H,9H2,1-2H3,(H,18,21)(H,19,20). The van der Waals surface area contributed by atoms with Gasteiger partial charge in [-0.2, -0.15) is 0 Å². The molecule has 2 rings (SSSR count). The van der Waals surface area contributed by atoms with Crippen LogP contribution < -0.4 is 10.1 Å². The molecule has 2 aromatic rings. The minimum Gasteiger partial charge on any atom is -0.482 e. The van der Waals surface area contributed by atoms with Crippen molar-refractivity contribution in [1.29, 1.82) is 0 Å². The van der Waals surface area contributed by atoms with E-state index in [2.05, 4.69) is 10.3 Å². The summed E-state index contributed by atoms with van der Waals surface area (Å²) >= 11 is 0. The zero-order chi connectivity index (χ0) is 16.1. The molecular weight excluding hydrogens is 284 g/mol. The minimum atomic E-state index is -1.02. The van der Waals surface area contributed by atoms with Gasteiger partial charge in [-0.15, -0.1) is 0 Å².